The van der Waals surface area contributed by atoms with Gasteiger partial charge in [-0.3, -0.25) is 9.79 Å². The number of rotatable bonds is 7. The molecule has 3 fully saturated rings. The van der Waals surface area contributed by atoms with E-state index in [0.717, 1.165) is 38.0 Å². The number of nitrogens with zero attached hydrogens (tertiary/aromatic N) is 2. The Hall–Kier alpha value is -1.30. The molecule has 0 amide bonds. The molecule has 0 aliphatic carbocycles. The molecule has 10 heteroatoms. The molecule has 4 aliphatic heterocycles. The molecule has 10 nitrogen and oxygen atoms in total. The summed E-state index contributed by atoms with van der Waals surface area (Å²) in [6.45, 7) is 20.9. The first-order chi connectivity index (χ1) is 22.0. The van der Waals surface area contributed by atoms with Crippen LogP contribution in [0, 0.1) is 23.7 Å². The first-order valence-corrected chi connectivity index (χ1v) is 18.3. The molecule has 47 heavy (non-hydrogen) atoms. The molecular weight excluding hydrogens is 600 g/mol. The molecule has 4 aliphatic rings. The Kier molecular flexibility index (Phi) is 12.9. The fourth-order valence-electron chi connectivity index (χ4n) is 8.63. The molecular formula is C37H66N2O8. The van der Waals surface area contributed by atoms with Crippen molar-refractivity contribution in [3.8, 4) is 0 Å². The second-order valence-corrected chi connectivity index (χ2v) is 16.1. The van der Waals surface area contributed by atoms with Crippen molar-refractivity contribution in [3.63, 3.8) is 0 Å². The predicted octanol–water partition coefficient (Wildman–Crippen LogP) is 6.38. The minimum Gasteiger partial charge on any atom is -0.471 e. The normalized spacial score (nSPS) is 47.1. The summed E-state index contributed by atoms with van der Waals surface area (Å²) in [5.74, 6) is -0.142. The number of hydrogen-bond donors (Lipinski definition) is 0. The molecule has 3 saturated heterocycles. The number of ether oxygens (including phenoxy) is 7. The van der Waals surface area contributed by atoms with Crippen molar-refractivity contribution in [3.05, 3.63) is 0 Å². The molecule has 4 rings (SSSR count). The minimum absolute atomic E-state index is 0.0103. The summed E-state index contributed by atoms with van der Waals surface area (Å²) >= 11 is 0. The quantitative estimate of drug-likeness (QED) is 0.287. The lowest BCUT2D eigenvalue weighted by Gasteiger charge is -2.45. The van der Waals surface area contributed by atoms with Gasteiger partial charge in [-0.1, -0.05) is 27.7 Å². The van der Waals surface area contributed by atoms with E-state index in [1.165, 1.54) is 0 Å². The van der Waals surface area contributed by atoms with Gasteiger partial charge in [0.25, 0.3) is 0 Å². The Morgan fingerprint density at radius 3 is 2.17 bits per heavy atom. The molecule has 0 N–H and O–H groups in total. The third-order valence-electron chi connectivity index (χ3n) is 11.3. The average Bonchev–Trinajstić information content (AvgIpc) is 3.28. The van der Waals surface area contributed by atoms with Crippen molar-refractivity contribution in [2.24, 2.45) is 28.7 Å². The average molecular weight is 667 g/mol. The number of cyclic esters (lactones) is 1. The number of hydrogen-bond acceptors (Lipinski definition) is 10. The van der Waals surface area contributed by atoms with E-state index < -0.39 is 35.6 Å². The largest absolute Gasteiger partial charge is 0.471 e. The zero-order valence-corrected chi connectivity index (χ0v) is 31.6. The minimum atomic E-state index is -0.647. The van der Waals surface area contributed by atoms with Crippen LogP contribution in [0.25, 0.3) is 0 Å². The summed E-state index contributed by atoms with van der Waals surface area (Å²) in [5.41, 5.74) is -1.04. The zero-order valence-electron chi connectivity index (χ0n) is 31.6. The van der Waals surface area contributed by atoms with Crippen molar-refractivity contribution in [1.29, 1.82) is 0 Å². The third-order valence-corrected chi connectivity index (χ3v) is 11.3. The topological polar surface area (TPSA) is 97.3 Å². The van der Waals surface area contributed by atoms with Crippen LogP contribution in [0.15, 0.2) is 4.99 Å². The van der Waals surface area contributed by atoms with Gasteiger partial charge in [0.15, 0.2) is 18.5 Å². The van der Waals surface area contributed by atoms with E-state index in [4.69, 9.17) is 38.2 Å². The van der Waals surface area contributed by atoms with E-state index in [1.807, 2.05) is 27.7 Å². The summed E-state index contributed by atoms with van der Waals surface area (Å²) in [4.78, 5) is 21.5. The van der Waals surface area contributed by atoms with Gasteiger partial charge in [-0.05, 0) is 80.8 Å². The Labute approximate surface area is 284 Å². The predicted molar refractivity (Wildman–Crippen MR) is 182 cm³/mol. The van der Waals surface area contributed by atoms with E-state index in [1.54, 1.807) is 7.11 Å². The fourth-order valence-corrected chi connectivity index (χ4v) is 8.63. The molecule has 0 radical (unpaired) electrons. The first-order valence-electron chi connectivity index (χ1n) is 18.3. The summed E-state index contributed by atoms with van der Waals surface area (Å²) in [7, 11) is 5.97. The van der Waals surface area contributed by atoms with Crippen LogP contribution in [-0.2, 0) is 38.0 Å². The first kappa shape index (κ1) is 38.5. The highest BCUT2D eigenvalue weighted by Gasteiger charge is 2.50. The third kappa shape index (κ3) is 9.28. The highest BCUT2D eigenvalue weighted by Crippen LogP contribution is 2.41. The van der Waals surface area contributed by atoms with E-state index in [9.17, 15) is 4.79 Å². The Morgan fingerprint density at radius 2 is 1.53 bits per heavy atom. The number of methoxy groups -OCH3 is 1. The smallest absolute Gasteiger partial charge is 0.311 e. The number of esters is 1. The summed E-state index contributed by atoms with van der Waals surface area (Å²) in [5, 5.41) is 0. The molecule has 0 aromatic rings. The zero-order chi connectivity index (χ0) is 34.8. The molecule has 272 valence electrons. The van der Waals surface area contributed by atoms with Gasteiger partial charge in [0.1, 0.15) is 11.7 Å². The van der Waals surface area contributed by atoms with E-state index in [-0.39, 0.29) is 54.4 Å². The van der Waals surface area contributed by atoms with Gasteiger partial charge in [-0.2, -0.15) is 0 Å². The summed E-state index contributed by atoms with van der Waals surface area (Å²) < 4.78 is 45.5. The number of carbonyl (C=O) groups excluding carboxylic acids is 1. The summed E-state index contributed by atoms with van der Waals surface area (Å²) in [6, 6.07) is 0.361. The lowest BCUT2D eigenvalue weighted by atomic mass is 9.81. The standard InChI is InChI=1S/C37H66N2O8/c1-14-29-37(10)18-22(3)34(47-37)38-23(4)15-21(2)32(45-30-17-28(39(11)12)16-24(5)42-30)26(7)33(27(8)35(40)44-29)46-31-20-36(9,41-13)19-25(6)43-31/h21-33H,14-20H2,1-13H3/t21-,22?,23+,24+,25-,26+,27+,28-,29+,30-,31-,32-,33-,36-,37-/m0/s1. The van der Waals surface area contributed by atoms with E-state index >= 15 is 0 Å². The number of fused-ring (bicyclic) bond motifs is 2. The Balaban J connectivity index is 1.73. The number of carbonyl (C=O) groups is 1. The second kappa shape index (κ2) is 15.7. The molecule has 15 atom stereocenters. The highest BCUT2D eigenvalue weighted by atomic mass is 16.7. The van der Waals surface area contributed by atoms with Gasteiger partial charge in [-0.25, -0.2) is 0 Å². The molecule has 0 saturated carbocycles. The van der Waals surface area contributed by atoms with Crippen molar-refractivity contribution in [1.82, 2.24) is 4.90 Å². The maximum Gasteiger partial charge on any atom is 0.311 e. The van der Waals surface area contributed by atoms with E-state index in [0.29, 0.717) is 18.9 Å². The monoisotopic (exact) mass is 666 g/mol. The van der Waals surface area contributed by atoms with Gasteiger partial charge in [0.05, 0.1) is 42.0 Å². The van der Waals surface area contributed by atoms with Crippen molar-refractivity contribution >= 4 is 11.9 Å². The second-order valence-electron chi connectivity index (χ2n) is 16.1. The maximum atomic E-state index is 14.2. The maximum absolute atomic E-state index is 14.2. The van der Waals surface area contributed by atoms with Crippen LogP contribution in [0.1, 0.15) is 114 Å². The van der Waals surface area contributed by atoms with Crippen LogP contribution in [0.2, 0.25) is 0 Å². The molecule has 4 heterocycles. The van der Waals surface area contributed by atoms with Crippen LogP contribution in [-0.4, -0.2) is 104 Å². The number of aliphatic imine (C=N–C) groups is 1. The lowest BCUT2D eigenvalue weighted by molar-refractivity contribution is -0.280. The Morgan fingerprint density at radius 1 is 0.872 bits per heavy atom. The van der Waals surface area contributed by atoms with Crippen LogP contribution in [0.5, 0.6) is 0 Å². The van der Waals surface area contributed by atoms with Crippen molar-refractivity contribution in [2.75, 3.05) is 21.2 Å². The van der Waals surface area contributed by atoms with Crippen LogP contribution in [0.3, 0.4) is 0 Å². The van der Waals surface area contributed by atoms with E-state index in [2.05, 4.69) is 60.5 Å². The van der Waals surface area contributed by atoms with Crippen LogP contribution in [0.4, 0.5) is 0 Å². The van der Waals surface area contributed by atoms with Crippen LogP contribution >= 0.6 is 0 Å². The van der Waals surface area contributed by atoms with Crippen molar-refractivity contribution < 1.29 is 38.0 Å². The fraction of sp³-hybridized carbons (Fsp3) is 0.946. The highest BCUT2D eigenvalue weighted by molar-refractivity contribution is 5.81. The molecule has 1 unspecified atom stereocenters. The van der Waals surface area contributed by atoms with Gasteiger partial charge in [0.2, 0.25) is 0 Å². The molecule has 2 bridgehead atoms. The SMILES string of the molecule is CC[C@H]1OC(=O)[C@H](C)[C@@H](O[C@H]2C[C@@](C)(OC)C[C@H](C)O2)[C@H](C)[C@@H](O[C@H]2C[C@@H](N(C)C)C[C@@H](C)O2)[C@@H](C)C[C@@H](C)N=C2O[C@@]1(C)CC2C. The summed E-state index contributed by atoms with van der Waals surface area (Å²) in [6.07, 6.45) is 3.04. The van der Waals surface area contributed by atoms with Crippen molar-refractivity contribution in [2.45, 2.75) is 181 Å². The van der Waals surface area contributed by atoms with Gasteiger partial charge < -0.3 is 38.1 Å². The van der Waals surface area contributed by atoms with Gasteiger partial charge >= 0.3 is 5.97 Å². The van der Waals surface area contributed by atoms with Crippen LogP contribution < -0.4 is 0 Å². The lowest BCUT2D eigenvalue weighted by Crippen LogP contribution is -2.52. The van der Waals surface area contributed by atoms with Gasteiger partial charge in [-0.15, -0.1) is 0 Å². The molecule has 0 aromatic carbocycles. The molecule has 0 spiro atoms. The molecule has 0 aromatic heterocycles. The Bertz CT molecular complexity index is 1070. The van der Waals surface area contributed by atoms with Gasteiger partial charge in [0, 0.05) is 50.7 Å².